The smallest absolute Gasteiger partial charge is 0.156 e. The molecule has 1 aromatic heterocycles. The lowest BCUT2D eigenvalue weighted by atomic mass is 10.2. The number of nitrogens with one attached hydrogen (secondary N) is 1. The molecule has 3 N–H and O–H groups in total. The Labute approximate surface area is 111 Å². The van der Waals surface area contributed by atoms with Gasteiger partial charge in [-0.05, 0) is 17.7 Å². The van der Waals surface area contributed by atoms with Crippen molar-refractivity contribution in [2.45, 2.75) is 6.54 Å². The Balaban J connectivity index is 2.11. The monoisotopic (exact) mass is 261 g/mol. The topological polar surface area (TPSA) is 67.1 Å². The van der Waals surface area contributed by atoms with Crippen LogP contribution in [0.25, 0.3) is 0 Å². The average Bonchev–Trinajstić information content (AvgIpc) is 2.39. The van der Waals surface area contributed by atoms with Gasteiger partial charge in [0.1, 0.15) is 17.8 Å². The van der Waals surface area contributed by atoms with E-state index in [4.69, 9.17) is 5.73 Å². The van der Waals surface area contributed by atoms with Crippen LogP contribution in [0.3, 0.4) is 0 Å². The number of benzene rings is 1. The second kappa shape index (κ2) is 5.51. The lowest BCUT2D eigenvalue weighted by molar-refractivity contribution is 0.627. The highest BCUT2D eigenvalue weighted by Crippen LogP contribution is 2.24. The molecule has 1 aromatic carbocycles. The first-order chi connectivity index (χ1) is 9.08. The molecular weight excluding hydrogens is 245 g/mol. The van der Waals surface area contributed by atoms with E-state index in [0.29, 0.717) is 23.9 Å². The summed E-state index contributed by atoms with van der Waals surface area (Å²) in [4.78, 5) is 10.0. The second-order valence-electron chi connectivity index (χ2n) is 4.33. The van der Waals surface area contributed by atoms with Crippen molar-refractivity contribution in [2.24, 2.45) is 0 Å². The molecule has 100 valence electrons. The predicted octanol–water partition coefficient (Wildman–Crippen LogP) is 1.88. The fourth-order valence-corrected chi connectivity index (χ4v) is 1.67. The molecule has 0 atom stereocenters. The van der Waals surface area contributed by atoms with Crippen LogP contribution < -0.4 is 16.0 Å². The maximum Gasteiger partial charge on any atom is 0.156 e. The predicted molar refractivity (Wildman–Crippen MR) is 74.5 cm³/mol. The molecule has 5 nitrogen and oxygen atoms in total. The molecule has 0 fully saturated rings. The molecule has 0 spiro atoms. The standard InChI is InChI=1S/C13H16FN5/c1-19(2)13-11(15)12(17-8-18-13)16-7-9-3-5-10(14)6-4-9/h3-6,8H,7,15H2,1-2H3,(H,16,17,18). The molecule has 0 saturated heterocycles. The van der Waals surface area contributed by atoms with Crippen LogP contribution in [0, 0.1) is 5.82 Å². The summed E-state index contributed by atoms with van der Waals surface area (Å²) in [5.74, 6) is 0.986. The first-order valence-electron chi connectivity index (χ1n) is 5.84. The molecule has 2 aromatic rings. The van der Waals surface area contributed by atoms with Crippen molar-refractivity contribution < 1.29 is 4.39 Å². The zero-order valence-electron chi connectivity index (χ0n) is 10.9. The van der Waals surface area contributed by atoms with Gasteiger partial charge >= 0.3 is 0 Å². The van der Waals surface area contributed by atoms with Gasteiger partial charge in [-0.25, -0.2) is 14.4 Å². The Hall–Kier alpha value is -2.37. The van der Waals surface area contributed by atoms with Crippen LogP contribution in [0.1, 0.15) is 5.56 Å². The van der Waals surface area contributed by atoms with E-state index < -0.39 is 0 Å². The summed E-state index contributed by atoms with van der Waals surface area (Å²) in [5, 5.41) is 3.12. The molecular formula is C13H16FN5. The fourth-order valence-electron chi connectivity index (χ4n) is 1.67. The molecule has 0 radical (unpaired) electrons. The Morgan fingerprint density at radius 1 is 1.21 bits per heavy atom. The van der Waals surface area contributed by atoms with Crippen LogP contribution in [0.15, 0.2) is 30.6 Å². The summed E-state index contributed by atoms with van der Waals surface area (Å²) in [6.45, 7) is 0.522. The SMILES string of the molecule is CN(C)c1ncnc(NCc2ccc(F)cc2)c1N. The maximum absolute atomic E-state index is 12.8. The van der Waals surface area contributed by atoms with Gasteiger partial charge in [0.2, 0.25) is 0 Å². The van der Waals surface area contributed by atoms with E-state index in [1.54, 1.807) is 12.1 Å². The third-order valence-electron chi connectivity index (χ3n) is 2.66. The maximum atomic E-state index is 12.8. The average molecular weight is 261 g/mol. The zero-order valence-corrected chi connectivity index (χ0v) is 10.9. The number of halogens is 1. The van der Waals surface area contributed by atoms with Gasteiger partial charge in [-0.2, -0.15) is 0 Å². The lowest BCUT2D eigenvalue weighted by Gasteiger charge is -2.16. The third-order valence-corrected chi connectivity index (χ3v) is 2.66. The van der Waals surface area contributed by atoms with Crippen molar-refractivity contribution in [1.82, 2.24) is 9.97 Å². The van der Waals surface area contributed by atoms with Crippen molar-refractivity contribution in [3.8, 4) is 0 Å². The van der Waals surface area contributed by atoms with Gasteiger partial charge in [0.25, 0.3) is 0 Å². The lowest BCUT2D eigenvalue weighted by Crippen LogP contribution is -2.15. The zero-order chi connectivity index (χ0) is 13.8. The second-order valence-corrected chi connectivity index (χ2v) is 4.33. The van der Waals surface area contributed by atoms with E-state index in [0.717, 1.165) is 5.56 Å². The van der Waals surface area contributed by atoms with E-state index in [9.17, 15) is 4.39 Å². The van der Waals surface area contributed by atoms with E-state index in [1.807, 2.05) is 19.0 Å². The number of nitrogens with two attached hydrogens (primary N) is 1. The molecule has 0 aliphatic carbocycles. The first-order valence-corrected chi connectivity index (χ1v) is 5.84. The van der Waals surface area contributed by atoms with Crippen LogP contribution >= 0.6 is 0 Å². The van der Waals surface area contributed by atoms with Crippen molar-refractivity contribution >= 4 is 17.3 Å². The molecule has 6 heteroatoms. The summed E-state index contributed by atoms with van der Waals surface area (Å²) in [6, 6.07) is 6.27. The van der Waals surface area contributed by atoms with Gasteiger partial charge in [0.05, 0.1) is 0 Å². The minimum Gasteiger partial charge on any atom is -0.393 e. The number of nitrogens with zero attached hydrogens (tertiary/aromatic N) is 3. The van der Waals surface area contributed by atoms with Crippen LogP contribution in [0.4, 0.5) is 21.7 Å². The van der Waals surface area contributed by atoms with Gasteiger partial charge in [0.15, 0.2) is 11.6 Å². The quantitative estimate of drug-likeness (QED) is 0.879. The van der Waals surface area contributed by atoms with Crippen molar-refractivity contribution in [2.75, 3.05) is 30.0 Å². The minimum absolute atomic E-state index is 0.250. The molecule has 0 aliphatic heterocycles. The van der Waals surface area contributed by atoms with Crippen LogP contribution in [0.5, 0.6) is 0 Å². The Morgan fingerprint density at radius 3 is 2.53 bits per heavy atom. The first kappa shape index (κ1) is 13.1. The molecule has 0 amide bonds. The van der Waals surface area contributed by atoms with Gasteiger partial charge < -0.3 is 16.0 Å². The van der Waals surface area contributed by atoms with Crippen LogP contribution in [-0.4, -0.2) is 24.1 Å². The van der Waals surface area contributed by atoms with E-state index in [1.165, 1.54) is 18.5 Å². The number of rotatable bonds is 4. The van der Waals surface area contributed by atoms with E-state index in [-0.39, 0.29) is 5.82 Å². The summed E-state index contributed by atoms with van der Waals surface area (Å²) < 4.78 is 12.8. The third kappa shape index (κ3) is 3.09. The highest BCUT2D eigenvalue weighted by atomic mass is 19.1. The molecule has 2 rings (SSSR count). The van der Waals surface area contributed by atoms with Crippen molar-refractivity contribution in [1.29, 1.82) is 0 Å². The normalized spacial score (nSPS) is 10.3. The fraction of sp³-hybridized carbons (Fsp3) is 0.231. The van der Waals surface area contributed by atoms with Gasteiger partial charge in [0, 0.05) is 20.6 Å². The molecule has 0 aliphatic rings. The van der Waals surface area contributed by atoms with Crippen molar-refractivity contribution in [3.63, 3.8) is 0 Å². The molecule has 0 saturated carbocycles. The molecule has 19 heavy (non-hydrogen) atoms. The minimum atomic E-state index is -0.250. The number of hydrogen-bond acceptors (Lipinski definition) is 5. The molecule has 1 heterocycles. The summed E-state index contributed by atoms with van der Waals surface area (Å²) in [5.41, 5.74) is 7.43. The molecule has 0 unspecified atom stereocenters. The Morgan fingerprint density at radius 2 is 1.89 bits per heavy atom. The van der Waals surface area contributed by atoms with E-state index >= 15 is 0 Å². The number of anilines is 3. The number of aromatic nitrogens is 2. The van der Waals surface area contributed by atoms with Gasteiger partial charge in [-0.15, -0.1) is 0 Å². The Kier molecular flexibility index (Phi) is 3.79. The molecule has 0 bridgehead atoms. The van der Waals surface area contributed by atoms with Crippen LogP contribution in [0.2, 0.25) is 0 Å². The van der Waals surface area contributed by atoms with Gasteiger partial charge in [-0.1, -0.05) is 12.1 Å². The summed E-state index contributed by atoms with van der Waals surface area (Å²) >= 11 is 0. The summed E-state index contributed by atoms with van der Waals surface area (Å²) in [6.07, 6.45) is 1.46. The highest BCUT2D eigenvalue weighted by Gasteiger charge is 2.09. The largest absolute Gasteiger partial charge is 0.393 e. The summed E-state index contributed by atoms with van der Waals surface area (Å²) in [7, 11) is 3.73. The number of hydrogen-bond donors (Lipinski definition) is 2. The highest BCUT2D eigenvalue weighted by molar-refractivity contribution is 5.74. The van der Waals surface area contributed by atoms with Gasteiger partial charge in [-0.3, -0.25) is 0 Å². The Bertz CT molecular complexity index is 553. The van der Waals surface area contributed by atoms with Crippen LogP contribution in [-0.2, 0) is 6.54 Å². The van der Waals surface area contributed by atoms with Crippen molar-refractivity contribution in [3.05, 3.63) is 42.0 Å². The number of nitrogen functional groups attached to an aromatic ring is 1. The van der Waals surface area contributed by atoms with E-state index in [2.05, 4.69) is 15.3 Å².